The van der Waals surface area contributed by atoms with Crippen LogP contribution in [0.1, 0.15) is 12.5 Å². The quantitative estimate of drug-likeness (QED) is 0.757. The summed E-state index contributed by atoms with van der Waals surface area (Å²) in [5.41, 5.74) is 2.07. The van der Waals surface area contributed by atoms with Gasteiger partial charge in [0.15, 0.2) is 11.5 Å². The molecule has 0 unspecified atom stereocenters. The van der Waals surface area contributed by atoms with Crippen LogP contribution in [-0.4, -0.2) is 30.9 Å². The lowest BCUT2D eigenvalue weighted by Gasteiger charge is -2.12. The molecule has 0 saturated carbocycles. The number of aromatic hydroxyl groups is 1. The van der Waals surface area contributed by atoms with E-state index in [0.29, 0.717) is 32.6 Å². The molecule has 1 heterocycles. The highest BCUT2D eigenvalue weighted by molar-refractivity contribution is 6.42. The van der Waals surface area contributed by atoms with Gasteiger partial charge in [-0.3, -0.25) is 4.79 Å². The van der Waals surface area contributed by atoms with E-state index in [0.717, 1.165) is 0 Å². The predicted molar refractivity (Wildman–Crippen MR) is 106 cm³/mol. The third-order valence-corrected chi connectivity index (χ3v) is 4.76. The van der Waals surface area contributed by atoms with E-state index in [1.165, 1.54) is 19.2 Å². The van der Waals surface area contributed by atoms with Crippen molar-refractivity contribution in [2.45, 2.75) is 6.92 Å². The number of methoxy groups -OCH3 is 2. The van der Waals surface area contributed by atoms with Gasteiger partial charge in [-0.05, 0) is 48.9 Å². The number of hydrazone groups is 1. The van der Waals surface area contributed by atoms with E-state index < -0.39 is 0 Å². The van der Waals surface area contributed by atoms with Crippen molar-refractivity contribution in [3.63, 3.8) is 0 Å². The van der Waals surface area contributed by atoms with Crippen molar-refractivity contribution >= 4 is 46.6 Å². The minimum Gasteiger partial charge on any atom is -0.502 e. The summed E-state index contributed by atoms with van der Waals surface area (Å²) in [7, 11) is 2.87. The Hall–Kier alpha value is -2.70. The maximum absolute atomic E-state index is 12.8. The zero-order valence-electron chi connectivity index (χ0n) is 14.8. The molecule has 0 radical (unpaired) electrons. The van der Waals surface area contributed by atoms with Crippen molar-refractivity contribution in [3.05, 3.63) is 51.5 Å². The van der Waals surface area contributed by atoms with Gasteiger partial charge in [0.25, 0.3) is 5.91 Å². The highest BCUT2D eigenvalue weighted by Crippen LogP contribution is 2.38. The maximum atomic E-state index is 12.8. The number of hydrogen-bond donors (Lipinski definition) is 1. The van der Waals surface area contributed by atoms with Crippen molar-refractivity contribution in [3.8, 4) is 17.2 Å². The first-order valence-corrected chi connectivity index (χ1v) is 8.63. The number of rotatable bonds is 4. The SMILES string of the molecule is COc1cc(C=C2C(=O)N(c3ccc(Cl)c(Cl)c3)N=C2C)cc(OC)c1O. The van der Waals surface area contributed by atoms with Crippen LogP contribution in [0.15, 0.2) is 41.0 Å². The van der Waals surface area contributed by atoms with E-state index in [1.807, 2.05) is 0 Å². The Morgan fingerprint density at radius 1 is 1.07 bits per heavy atom. The van der Waals surface area contributed by atoms with E-state index in [-0.39, 0.29) is 23.2 Å². The van der Waals surface area contributed by atoms with Crippen molar-refractivity contribution < 1.29 is 19.4 Å². The molecule has 3 rings (SSSR count). The number of amides is 1. The standard InChI is InChI=1S/C19H16Cl2N2O4/c1-10-13(6-11-7-16(26-2)18(24)17(8-11)27-3)19(25)23(22-10)12-4-5-14(20)15(21)9-12/h4-9,24H,1-3H3. The first kappa shape index (κ1) is 19.1. The molecule has 140 valence electrons. The van der Waals surface area contributed by atoms with Gasteiger partial charge in [-0.1, -0.05) is 23.2 Å². The molecule has 1 aliphatic rings. The van der Waals surface area contributed by atoms with Crippen molar-refractivity contribution in [2.75, 3.05) is 19.2 Å². The molecule has 1 amide bonds. The monoisotopic (exact) mass is 406 g/mol. The van der Waals surface area contributed by atoms with Gasteiger partial charge in [0, 0.05) is 0 Å². The second-order valence-electron chi connectivity index (χ2n) is 5.73. The van der Waals surface area contributed by atoms with E-state index in [9.17, 15) is 9.90 Å². The van der Waals surface area contributed by atoms with Gasteiger partial charge in [-0.2, -0.15) is 10.1 Å². The van der Waals surface area contributed by atoms with Crippen LogP contribution in [0.4, 0.5) is 5.69 Å². The Kier molecular flexibility index (Phi) is 5.30. The fraction of sp³-hybridized carbons (Fsp3) is 0.158. The lowest BCUT2D eigenvalue weighted by atomic mass is 10.1. The van der Waals surface area contributed by atoms with Crippen molar-refractivity contribution in [1.82, 2.24) is 0 Å². The minimum absolute atomic E-state index is 0.109. The molecule has 8 heteroatoms. The smallest absolute Gasteiger partial charge is 0.280 e. The Labute approximate surface area is 166 Å². The molecular formula is C19H16Cl2N2O4. The van der Waals surface area contributed by atoms with Crippen LogP contribution in [0, 0.1) is 0 Å². The number of ether oxygens (including phenoxy) is 2. The summed E-state index contributed by atoms with van der Waals surface area (Å²) in [6, 6.07) is 8.06. The lowest BCUT2D eigenvalue weighted by Crippen LogP contribution is -2.21. The van der Waals surface area contributed by atoms with Crippen LogP contribution in [0.3, 0.4) is 0 Å². The summed E-state index contributed by atoms with van der Waals surface area (Å²) in [5.74, 6) is 0.0600. The van der Waals surface area contributed by atoms with Gasteiger partial charge in [-0.15, -0.1) is 0 Å². The Bertz CT molecular complexity index is 961. The molecule has 1 N–H and O–H groups in total. The number of benzene rings is 2. The van der Waals surface area contributed by atoms with Crippen LogP contribution < -0.4 is 14.5 Å². The maximum Gasteiger partial charge on any atom is 0.280 e. The van der Waals surface area contributed by atoms with Crippen molar-refractivity contribution in [1.29, 1.82) is 0 Å². The van der Waals surface area contributed by atoms with Crippen LogP contribution in [0.25, 0.3) is 6.08 Å². The Morgan fingerprint density at radius 2 is 1.70 bits per heavy atom. The molecular weight excluding hydrogens is 391 g/mol. The van der Waals surface area contributed by atoms with Gasteiger partial charge in [-0.25, -0.2) is 0 Å². The number of halogens is 2. The van der Waals surface area contributed by atoms with E-state index in [2.05, 4.69) is 5.10 Å². The average Bonchev–Trinajstić information content (AvgIpc) is 2.93. The van der Waals surface area contributed by atoms with E-state index >= 15 is 0 Å². The Morgan fingerprint density at radius 3 is 2.26 bits per heavy atom. The summed E-state index contributed by atoms with van der Waals surface area (Å²) in [6.07, 6.45) is 1.66. The molecule has 2 aromatic carbocycles. The predicted octanol–water partition coefficient (Wildman–Crippen LogP) is 4.52. The Balaban J connectivity index is 2.00. The number of carbonyl (C=O) groups excluding carboxylic acids is 1. The molecule has 6 nitrogen and oxygen atoms in total. The fourth-order valence-corrected chi connectivity index (χ4v) is 2.93. The number of anilines is 1. The second-order valence-corrected chi connectivity index (χ2v) is 6.55. The summed E-state index contributed by atoms with van der Waals surface area (Å²) in [4.78, 5) is 12.8. The molecule has 0 aromatic heterocycles. The highest BCUT2D eigenvalue weighted by Gasteiger charge is 2.29. The molecule has 27 heavy (non-hydrogen) atoms. The molecule has 0 bridgehead atoms. The number of carbonyl (C=O) groups is 1. The minimum atomic E-state index is -0.308. The highest BCUT2D eigenvalue weighted by atomic mass is 35.5. The van der Waals surface area contributed by atoms with Gasteiger partial charge in [0.2, 0.25) is 5.75 Å². The zero-order valence-corrected chi connectivity index (χ0v) is 16.3. The van der Waals surface area contributed by atoms with Crippen molar-refractivity contribution in [2.24, 2.45) is 5.10 Å². The normalized spacial score (nSPS) is 15.3. The lowest BCUT2D eigenvalue weighted by molar-refractivity contribution is -0.114. The number of nitrogens with zero attached hydrogens (tertiary/aromatic N) is 2. The largest absolute Gasteiger partial charge is 0.502 e. The molecule has 0 atom stereocenters. The third kappa shape index (κ3) is 3.59. The number of hydrogen-bond acceptors (Lipinski definition) is 5. The van der Waals surface area contributed by atoms with Crippen LogP contribution in [0.5, 0.6) is 17.2 Å². The third-order valence-electron chi connectivity index (χ3n) is 4.02. The summed E-state index contributed by atoms with van der Waals surface area (Å²) in [5, 5.41) is 16.3. The fourth-order valence-electron chi connectivity index (χ4n) is 2.64. The summed E-state index contributed by atoms with van der Waals surface area (Å²) in [6.45, 7) is 1.73. The van der Waals surface area contributed by atoms with E-state index in [1.54, 1.807) is 43.3 Å². The zero-order chi connectivity index (χ0) is 19.7. The molecule has 0 spiro atoms. The average molecular weight is 407 g/mol. The van der Waals surface area contributed by atoms with Gasteiger partial charge in [0.05, 0.1) is 41.2 Å². The topological polar surface area (TPSA) is 71.4 Å². The van der Waals surface area contributed by atoms with Gasteiger partial charge in [0.1, 0.15) is 0 Å². The van der Waals surface area contributed by atoms with Crippen LogP contribution >= 0.6 is 23.2 Å². The molecule has 0 saturated heterocycles. The summed E-state index contributed by atoms with van der Waals surface area (Å²) >= 11 is 12.0. The first-order chi connectivity index (χ1) is 12.8. The van der Waals surface area contributed by atoms with E-state index in [4.69, 9.17) is 32.7 Å². The number of phenolic OH excluding ortho intramolecular Hbond substituents is 1. The van der Waals surface area contributed by atoms with Gasteiger partial charge < -0.3 is 14.6 Å². The molecule has 2 aromatic rings. The molecule has 1 aliphatic heterocycles. The van der Waals surface area contributed by atoms with Crippen LogP contribution in [-0.2, 0) is 4.79 Å². The second kappa shape index (κ2) is 7.50. The first-order valence-electron chi connectivity index (χ1n) is 7.87. The summed E-state index contributed by atoms with van der Waals surface area (Å²) < 4.78 is 10.3. The molecule has 0 aliphatic carbocycles. The number of phenols is 1. The molecule has 0 fully saturated rings. The van der Waals surface area contributed by atoms with Crippen LogP contribution in [0.2, 0.25) is 10.0 Å². The van der Waals surface area contributed by atoms with Gasteiger partial charge >= 0.3 is 0 Å².